The van der Waals surface area contributed by atoms with Crippen LogP contribution < -0.4 is 4.72 Å². The van der Waals surface area contributed by atoms with Crippen LogP contribution in [-0.2, 0) is 16.6 Å². The first kappa shape index (κ1) is 25.6. The van der Waals surface area contributed by atoms with Gasteiger partial charge in [-0.2, -0.15) is 0 Å². The molecule has 0 amide bonds. The molecule has 1 aliphatic rings. The summed E-state index contributed by atoms with van der Waals surface area (Å²) in [7, 11) is -3.90. The molecule has 1 fully saturated rings. The molecule has 2 aromatic carbocycles. The summed E-state index contributed by atoms with van der Waals surface area (Å²) in [5, 5.41) is -0.271. The Morgan fingerprint density at radius 1 is 1.03 bits per heavy atom. The summed E-state index contributed by atoms with van der Waals surface area (Å²) in [6.45, 7) is 6.27. The first-order valence-corrected chi connectivity index (χ1v) is 12.8. The van der Waals surface area contributed by atoms with Gasteiger partial charge in [-0.25, -0.2) is 35.1 Å². The van der Waals surface area contributed by atoms with E-state index in [9.17, 15) is 30.4 Å². The summed E-state index contributed by atoms with van der Waals surface area (Å²) in [5.74, 6) is -0.786. The average molecular weight is 515 g/mol. The standard InChI is InChI=1S/C25H27F5N2O2S/c1-25(2,3)13-32-12-20(22(24(29)30)31-35(33,34)16-6-7-16)18-8-4-14(10-21(18)32)17-9-5-15(26)11-19(17)23(27)28/h4-5,8-12,16,22-24,31H,6-7,13H2,1-3H3/t22-/m0/s1. The third-order valence-corrected chi connectivity index (χ3v) is 7.89. The zero-order valence-electron chi connectivity index (χ0n) is 19.5. The number of halogens is 5. The number of nitrogens with zero attached hydrogens (tertiary/aromatic N) is 1. The first-order valence-electron chi connectivity index (χ1n) is 11.3. The van der Waals surface area contributed by atoms with Gasteiger partial charge in [-0.15, -0.1) is 0 Å². The Morgan fingerprint density at radius 2 is 1.71 bits per heavy atom. The highest BCUT2D eigenvalue weighted by Crippen LogP contribution is 2.38. The van der Waals surface area contributed by atoms with Crippen LogP contribution in [0, 0.1) is 11.2 Å². The van der Waals surface area contributed by atoms with E-state index in [0.717, 1.165) is 12.1 Å². The van der Waals surface area contributed by atoms with Crippen LogP contribution in [0.3, 0.4) is 0 Å². The van der Waals surface area contributed by atoms with E-state index in [1.807, 2.05) is 20.8 Å². The fourth-order valence-corrected chi connectivity index (χ4v) is 5.79. The lowest BCUT2D eigenvalue weighted by Crippen LogP contribution is -2.35. The molecule has 1 heterocycles. The van der Waals surface area contributed by atoms with Crippen molar-refractivity contribution in [3.05, 3.63) is 59.5 Å². The number of fused-ring (bicyclic) bond motifs is 1. The van der Waals surface area contributed by atoms with Crippen LogP contribution in [0.5, 0.6) is 0 Å². The van der Waals surface area contributed by atoms with Crippen LogP contribution in [0.1, 0.15) is 57.2 Å². The lowest BCUT2D eigenvalue weighted by atomic mass is 9.96. The molecule has 10 heteroatoms. The topological polar surface area (TPSA) is 51.1 Å². The number of benzene rings is 2. The van der Waals surface area contributed by atoms with Gasteiger partial charge in [0.15, 0.2) is 0 Å². The molecule has 1 aliphatic carbocycles. The summed E-state index contributed by atoms with van der Waals surface area (Å²) in [6.07, 6.45) is -3.53. The van der Waals surface area contributed by atoms with Crippen molar-refractivity contribution in [1.82, 2.24) is 9.29 Å². The maximum absolute atomic E-state index is 14.1. The monoisotopic (exact) mass is 514 g/mol. The van der Waals surface area contributed by atoms with E-state index in [2.05, 4.69) is 4.72 Å². The average Bonchev–Trinajstić information content (AvgIpc) is 3.56. The smallest absolute Gasteiger partial charge is 0.264 e. The second kappa shape index (κ2) is 9.20. The molecule has 4 nitrogen and oxygen atoms in total. The normalized spacial score (nSPS) is 15.9. The van der Waals surface area contributed by atoms with E-state index in [0.29, 0.717) is 35.9 Å². The Hall–Kier alpha value is -2.46. The van der Waals surface area contributed by atoms with Gasteiger partial charge in [-0.3, -0.25) is 0 Å². The Kier molecular flexibility index (Phi) is 6.74. The third kappa shape index (κ3) is 5.53. The van der Waals surface area contributed by atoms with Crippen molar-refractivity contribution in [1.29, 1.82) is 0 Å². The molecule has 3 aromatic rings. The number of sulfonamides is 1. The van der Waals surface area contributed by atoms with Gasteiger partial charge in [0.05, 0.1) is 5.25 Å². The van der Waals surface area contributed by atoms with E-state index in [4.69, 9.17) is 0 Å². The van der Waals surface area contributed by atoms with Gasteiger partial charge in [0.25, 0.3) is 12.9 Å². The van der Waals surface area contributed by atoms with Gasteiger partial charge in [-0.05, 0) is 47.6 Å². The van der Waals surface area contributed by atoms with Crippen molar-refractivity contribution >= 4 is 20.9 Å². The SMILES string of the molecule is CC(C)(C)Cn1cc([C@H](NS(=O)(=O)C2CC2)C(F)F)c2ccc(-c3ccc(F)cc3C(F)F)cc21. The Bertz CT molecular complexity index is 1340. The van der Waals surface area contributed by atoms with Crippen LogP contribution in [-0.4, -0.2) is 24.7 Å². The molecule has 0 unspecified atom stereocenters. The minimum absolute atomic E-state index is 0.114. The predicted octanol–water partition coefficient (Wildman–Crippen LogP) is 6.82. The zero-order valence-corrected chi connectivity index (χ0v) is 20.4. The lowest BCUT2D eigenvalue weighted by Gasteiger charge is -2.20. The fourth-order valence-electron chi connectivity index (χ4n) is 4.26. The van der Waals surface area contributed by atoms with Crippen LogP contribution in [0.4, 0.5) is 22.0 Å². The molecule has 1 aromatic heterocycles. The zero-order chi connectivity index (χ0) is 25.7. The van der Waals surface area contributed by atoms with Crippen molar-refractivity contribution in [2.24, 2.45) is 5.41 Å². The maximum Gasteiger partial charge on any atom is 0.264 e. The predicted molar refractivity (Wildman–Crippen MR) is 126 cm³/mol. The van der Waals surface area contributed by atoms with Crippen LogP contribution in [0.25, 0.3) is 22.0 Å². The Morgan fingerprint density at radius 3 is 2.29 bits per heavy atom. The van der Waals surface area contributed by atoms with E-state index in [1.54, 1.807) is 10.6 Å². The number of hydrogen-bond acceptors (Lipinski definition) is 2. The number of hydrogen-bond donors (Lipinski definition) is 1. The number of alkyl halides is 4. The molecule has 35 heavy (non-hydrogen) atoms. The van der Waals surface area contributed by atoms with Gasteiger partial charge in [0.1, 0.15) is 11.9 Å². The molecule has 0 bridgehead atoms. The summed E-state index contributed by atoms with van der Waals surface area (Å²) in [6, 6.07) is 6.01. The third-order valence-electron chi connectivity index (χ3n) is 5.96. The van der Waals surface area contributed by atoms with Crippen molar-refractivity contribution < 1.29 is 30.4 Å². The summed E-state index contributed by atoms with van der Waals surface area (Å²) < 4.78 is 98.0. The summed E-state index contributed by atoms with van der Waals surface area (Å²) in [4.78, 5) is 0. The van der Waals surface area contributed by atoms with Gasteiger partial charge >= 0.3 is 0 Å². The van der Waals surface area contributed by atoms with Gasteiger partial charge in [0, 0.05) is 34.8 Å². The Balaban J connectivity index is 1.88. The Labute approximate surface area is 201 Å². The number of aromatic nitrogens is 1. The second-order valence-electron chi connectivity index (χ2n) is 10.2. The second-order valence-corrected chi connectivity index (χ2v) is 12.2. The van der Waals surface area contributed by atoms with Crippen molar-refractivity contribution in [2.45, 2.75) is 64.3 Å². The van der Waals surface area contributed by atoms with Gasteiger partial charge < -0.3 is 4.57 Å². The van der Waals surface area contributed by atoms with Crippen LogP contribution in [0.2, 0.25) is 0 Å². The molecule has 1 N–H and O–H groups in total. The highest BCUT2D eigenvalue weighted by atomic mass is 32.2. The molecule has 1 atom stereocenters. The maximum atomic E-state index is 14.1. The molecule has 4 rings (SSSR count). The number of nitrogens with one attached hydrogen (secondary N) is 1. The highest BCUT2D eigenvalue weighted by molar-refractivity contribution is 7.90. The van der Waals surface area contributed by atoms with Crippen molar-refractivity contribution in [3.8, 4) is 11.1 Å². The molecule has 0 saturated heterocycles. The van der Waals surface area contributed by atoms with Crippen LogP contribution in [0.15, 0.2) is 42.6 Å². The first-order chi connectivity index (χ1) is 16.3. The number of rotatable bonds is 8. The molecule has 0 radical (unpaired) electrons. The molecular formula is C25H27F5N2O2S. The van der Waals surface area contributed by atoms with Crippen LogP contribution >= 0.6 is 0 Å². The minimum atomic E-state index is -3.90. The molecule has 0 spiro atoms. The van der Waals surface area contributed by atoms with E-state index in [1.165, 1.54) is 24.4 Å². The van der Waals surface area contributed by atoms with Gasteiger partial charge in [0.2, 0.25) is 10.0 Å². The summed E-state index contributed by atoms with van der Waals surface area (Å²) in [5.41, 5.74) is 0.377. The minimum Gasteiger partial charge on any atom is -0.347 e. The molecule has 0 aliphatic heterocycles. The van der Waals surface area contributed by atoms with Crippen molar-refractivity contribution in [3.63, 3.8) is 0 Å². The quantitative estimate of drug-likeness (QED) is 0.336. The van der Waals surface area contributed by atoms with E-state index < -0.39 is 45.5 Å². The highest BCUT2D eigenvalue weighted by Gasteiger charge is 2.40. The lowest BCUT2D eigenvalue weighted by molar-refractivity contribution is 0.109. The van der Waals surface area contributed by atoms with E-state index in [-0.39, 0.29) is 16.5 Å². The largest absolute Gasteiger partial charge is 0.347 e. The molecule has 190 valence electrons. The molecule has 1 saturated carbocycles. The molecular weight excluding hydrogens is 487 g/mol. The van der Waals surface area contributed by atoms with Crippen molar-refractivity contribution in [2.75, 3.05) is 0 Å². The van der Waals surface area contributed by atoms with E-state index >= 15 is 0 Å². The fraction of sp³-hybridized carbons (Fsp3) is 0.440. The summed E-state index contributed by atoms with van der Waals surface area (Å²) >= 11 is 0. The van der Waals surface area contributed by atoms with Gasteiger partial charge in [-0.1, -0.05) is 39.0 Å².